The number of benzene rings is 3. The van der Waals surface area contributed by atoms with Crippen LogP contribution < -0.4 is 14.8 Å². The van der Waals surface area contributed by atoms with Crippen molar-refractivity contribution in [3.8, 4) is 5.75 Å². The van der Waals surface area contributed by atoms with Crippen LogP contribution in [0.25, 0.3) is 0 Å². The van der Waals surface area contributed by atoms with Crippen LogP contribution in [0.4, 0.5) is 18.9 Å². The lowest BCUT2D eigenvalue weighted by Crippen LogP contribution is -2.27. The molecule has 6 nitrogen and oxygen atoms in total. The van der Waals surface area contributed by atoms with Gasteiger partial charge in [0.25, 0.3) is 15.9 Å². The van der Waals surface area contributed by atoms with E-state index in [-0.39, 0.29) is 17.8 Å². The molecule has 3 aromatic carbocycles. The van der Waals surface area contributed by atoms with Crippen LogP contribution in [-0.4, -0.2) is 28.0 Å². The van der Waals surface area contributed by atoms with Crippen molar-refractivity contribution < 1.29 is 31.1 Å². The van der Waals surface area contributed by atoms with Crippen LogP contribution in [0.3, 0.4) is 0 Å². The van der Waals surface area contributed by atoms with Crippen molar-refractivity contribution >= 4 is 21.6 Å². The Morgan fingerprint density at radius 2 is 1.62 bits per heavy atom. The normalized spacial score (nSPS) is 11.1. The lowest BCUT2D eigenvalue weighted by Gasteiger charge is -2.13. The summed E-state index contributed by atoms with van der Waals surface area (Å²) in [5.41, 5.74) is 0.793. The fraction of sp³-hybridized carbons (Fsp3) is 0.136. The highest BCUT2D eigenvalue weighted by Gasteiger charge is 2.25. The minimum absolute atomic E-state index is 0.0196. The predicted molar refractivity (Wildman–Crippen MR) is 113 cm³/mol. The summed E-state index contributed by atoms with van der Waals surface area (Å²) in [7, 11) is -3.08. The van der Waals surface area contributed by atoms with Crippen molar-refractivity contribution in [2.24, 2.45) is 0 Å². The Labute approximate surface area is 183 Å². The highest BCUT2D eigenvalue weighted by molar-refractivity contribution is 7.92. The zero-order chi connectivity index (χ0) is 23.3. The number of hydrogen-bond donors (Lipinski definition) is 2. The van der Waals surface area contributed by atoms with Crippen molar-refractivity contribution in [2.45, 2.75) is 11.3 Å². The van der Waals surface area contributed by atoms with E-state index in [0.717, 1.165) is 5.56 Å². The molecule has 32 heavy (non-hydrogen) atoms. The molecule has 0 unspecified atom stereocenters. The number of halogens is 3. The molecule has 0 heterocycles. The number of nitrogens with one attached hydrogen (secondary N) is 2. The zero-order valence-electron chi connectivity index (χ0n) is 16.9. The van der Waals surface area contributed by atoms with Crippen LogP contribution in [0.1, 0.15) is 15.9 Å². The van der Waals surface area contributed by atoms with Gasteiger partial charge in [0.2, 0.25) is 0 Å². The standard InChI is InChI=1S/C22H19F3N2O4S/c1-31-15-8-6-14(7-9-15)12-13-26-22(28)16-4-2-3-5-18(16)27-32(29,30)19-11-10-17(23)20(24)21(19)25/h2-11,27H,12-13H2,1H3,(H,26,28). The maximum atomic E-state index is 14.0. The lowest BCUT2D eigenvalue weighted by molar-refractivity contribution is 0.0955. The van der Waals surface area contributed by atoms with Gasteiger partial charge in [0.15, 0.2) is 17.5 Å². The van der Waals surface area contributed by atoms with E-state index in [1.807, 2.05) is 12.1 Å². The fourth-order valence-electron chi connectivity index (χ4n) is 2.89. The predicted octanol–water partition coefficient (Wildman–Crippen LogP) is 3.89. The number of rotatable bonds is 8. The van der Waals surface area contributed by atoms with Gasteiger partial charge in [0, 0.05) is 6.54 Å². The Hall–Kier alpha value is -3.53. The molecular formula is C22H19F3N2O4S. The molecule has 0 aromatic heterocycles. The smallest absolute Gasteiger partial charge is 0.264 e. The molecule has 0 bridgehead atoms. The Balaban J connectivity index is 1.73. The molecule has 0 aliphatic heterocycles. The molecule has 1 amide bonds. The number of hydrogen-bond acceptors (Lipinski definition) is 4. The van der Waals surface area contributed by atoms with E-state index in [0.29, 0.717) is 24.3 Å². The van der Waals surface area contributed by atoms with E-state index in [1.54, 1.807) is 19.2 Å². The Morgan fingerprint density at radius 3 is 2.31 bits per heavy atom. The summed E-state index contributed by atoms with van der Waals surface area (Å²) in [4.78, 5) is 11.5. The molecule has 0 saturated heterocycles. The average molecular weight is 464 g/mol. The van der Waals surface area contributed by atoms with Gasteiger partial charge in [-0.25, -0.2) is 21.6 Å². The first-order valence-corrected chi connectivity index (χ1v) is 10.9. The summed E-state index contributed by atoms with van der Waals surface area (Å²) in [6, 6.07) is 14.1. The summed E-state index contributed by atoms with van der Waals surface area (Å²) in [5.74, 6) is -5.13. The SMILES string of the molecule is COc1ccc(CCNC(=O)c2ccccc2NS(=O)(=O)c2ccc(F)c(F)c2F)cc1. The minimum atomic E-state index is -4.63. The van der Waals surface area contributed by atoms with Gasteiger partial charge in [-0.2, -0.15) is 0 Å². The topological polar surface area (TPSA) is 84.5 Å². The molecule has 168 valence electrons. The van der Waals surface area contributed by atoms with Crippen molar-refractivity contribution in [3.63, 3.8) is 0 Å². The second-order valence-corrected chi connectivity index (χ2v) is 8.33. The number of anilines is 1. The highest BCUT2D eigenvalue weighted by Crippen LogP contribution is 2.24. The number of methoxy groups -OCH3 is 1. The molecule has 3 rings (SSSR count). The Bertz CT molecular complexity index is 1230. The van der Waals surface area contributed by atoms with Crippen LogP contribution in [0.2, 0.25) is 0 Å². The lowest BCUT2D eigenvalue weighted by atomic mass is 10.1. The number of carbonyl (C=O) groups excluding carboxylic acids is 1. The molecule has 10 heteroatoms. The van der Waals surface area contributed by atoms with Gasteiger partial charge in [-0.3, -0.25) is 9.52 Å². The van der Waals surface area contributed by atoms with Crippen molar-refractivity contribution in [2.75, 3.05) is 18.4 Å². The van der Waals surface area contributed by atoms with Gasteiger partial charge in [0.05, 0.1) is 18.4 Å². The van der Waals surface area contributed by atoms with Gasteiger partial charge in [-0.15, -0.1) is 0 Å². The first kappa shape index (κ1) is 23.1. The van der Waals surface area contributed by atoms with Crippen molar-refractivity contribution in [3.05, 3.63) is 89.2 Å². The fourth-order valence-corrected chi connectivity index (χ4v) is 4.04. The van der Waals surface area contributed by atoms with Crippen LogP contribution in [-0.2, 0) is 16.4 Å². The first-order valence-electron chi connectivity index (χ1n) is 9.39. The van der Waals surface area contributed by atoms with E-state index in [1.165, 1.54) is 24.3 Å². The Kier molecular flexibility index (Phi) is 7.04. The van der Waals surface area contributed by atoms with Gasteiger partial charge in [-0.1, -0.05) is 24.3 Å². The van der Waals surface area contributed by atoms with Crippen LogP contribution >= 0.6 is 0 Å². The van der Waals surface area contributed by atoms with Crippen molar-refractivity contribution in [1.29, 1.82) is 0 Å². The van der Waals surface area contributed by atoms with Crippen LogP contribution in [0, 0.1) is 17.5 Å². The summed E-state index contributed by atoms with van der Waals surface area (Å²) < 4.78 is 72.8. The largest absolute Gasteiger partial charge is 0.497 e. The molecule has 3 aromatic rings. The zero-order valence-corrected chi connectivity index (χ0v) is 17.7. The van der Waals surface area contributed by atoms with Gasteiger partial charge in [0.1, 0.15) is 10.6 Å². The number of ether oxygens (including phenoxy) is 1. The second-order valence-electron chi connectivity index (χ2n) is 6.68. The molecule has 0 radical (unpaired) electrons. The number of para-hydroxylation sites is 1. The van der Waals surface area contributed by atoms with E-state index in [4.69, 9.17) is 4.74 Å². The van der Waals surface area contributed by atoms with E-state index >= 15 is 0 Å². The van der Waals surface area contributed by atoms with Crippen molar-refractivity contribution in [1.82, 2.24) is 5.32 Å². The monoisotopic (exact) mass is 464 g/mol. The van der Waals surface area contributed by atoms with Gasteiger partial charge < -0.3 is 10.1 Å². The Morgan fingerprint density at radius 1 is 0.938 bits per heavy atom. The molecular weight excluding hydrogens is 445 g/mol. The quantitative estimate of drug-likeness (QED) is 0.496. The summed E-state index contributed by atoms with van der Waals surface area (Å²) >= 11 is 0. The average Bonchev–Trinajstić information content (AvgIpc) is 2.77. The molecule has 0 aliphatic carbocycles. The third-order valence-electron chi connectivity index (χ3n) is 4.56. The molecule has 2 N–H and O–H groups in total. The first-order chi connectivity index (χ1) is 15.2. The van der Waals surface area contributed by atoms with Gasteiger partial charge in [-0.05, 0) is 48.4 Å². The van der Waals surface area contributed by atoms with E-state index < -0.39 is 38.3 Å². The number of sulfonamides is 1. The van der Waals surface area contributed by atoms with E-state index in [9.17, 15) is 26.4 Å². The maximum Gasteiger partial charge on any atom is 0.264 e. The second kappa shape index (κ2) is 9.73. The molecule has 0 spiro atoms. The molecule has 0 aliphatic rings. The third kappa shape index (κ3) is 5.20. The van der Waals surface area contributed by atoms with Crippen LogP contribution in [0.5, 0.6) is 5.75 Å². The minimum Gasteiger partial charge on any atom is -0.497 e. The number of amides is 1. The highest BCUT2D eigenvalue weighted by atomic mass is 32.2. The summed E-state index contributed by atoms with van der Waals surface area (Å²) in [6.07, 6.45) is 0.518. The summed E-state index contributed by atoms with van der Waals surface area (Å²) in [6.45, 7) is 0.268. The molecule has 0 saturated carbocycles. The molecule has 0 atom stereocenters. The van der Waals surface area contributed by atoms with E-state index in [2.05, 4.69) is 10.0 Å². The third-order valence-corrected chi connectivity index (χ3v) is 5.95. The molecule has 0 fully saturated rings. The van der Waals surface area contributed by atoms with Crippen LogP contribution in [0.15, 0.2) is 65.6 Å². The number of carbonyl (C=O) groups is 1. The maximum absolute atomic E-state index is 14.0. The van der Waals surface area contributed by atoms with Gasteiger partial charge >= 0.3 is 0 Å². The summed E-state index contributed by atoms with van der Waals surface area (Å²) in [5, 5.41) is 2.68.